The monoisotopic (exact) mass is 310 g/mol. The van der Waals surface area contributed by atoms with Gasteiger partial charge in [-0.15, -0.1) is 0 Å². The first-order valence-electron chi connectivity index (χ1n) is 6.93. The summed E-state index contributed by atoms with van der Waals surface area (Å²) in [4.78, 5) is 2.37. The van der Waals surface area contributed by atoms with Gasteiger partial charge in [0.2, 0.25) is 0 Å². The number of unbranched alkanes of at least 4 members (excludes halogenated alkanes) is 1. The van der Waals surface area contributed by atoms with Crippen LogP contribution in [0.15, 0.2) is 22.7 Å². The molecule has 2 rings (SSSR count). The van der Waals surface area contributed by atoms with Gasteiger partial charge in [-0.25, -0.2) is 0 Å². The SMILES string of the molecule is CCCCN(C)c1cc(Br)ccc1CNC1CC1. The molecular weight excluding hydrogens is 288 g/mol. The highest BCUT2D eigenvalue weighted by Gasteiger charge is 2.20. The quantitative estimate of drug-likeness (QED) is 0.820. The van der Waals surface area contributed by atoms with Crippen LogP contribution in [0.3, 0.4) is 0 Å². The summed E-state index contributed by atoms with van der Waals surface area (Å²) in [6, 6.07) is 7.38. The number of anilines is 1. The summed E-state index contributed by atoms with van der Waals surface area (Å²) in [6.07, 6.45) is 5.18. The molecule has 18 heavy (non-hydrogen) atoms. The maximum Gasteiger partial charge on any atom is 0.0420 e. The predicted molar refractivity (Wildman–Crippen MR) is 82.2 cm³/mol. The van der Waals surface area contributed by atoms with Crippen molar-refractivity contribution in [2.45, 2.75) is 45.2 Å². The molecule has 0 amide bonds. The van der Waals surface area contributed by atoms with Crippen LogP contribution in [0.4, 0.5) is 5.69 Å². The van der Waals surface area contributed by atoms with Crippen LogP contribution in [-0.4, -0.2) is 19.6 Å². The molecule has 0 aliphatic heterocycles. The molecule has 1 N–H and O–H groups in total. The van der Waals surface area contributed by atoms with Crippen LogP contribution in [0.25, 0.3) is 0 Å². The zero-order valence-electron chi connectivity index (χ0n) is 11.4. The molecule has 0 aromatic heterocycles. The minimum Gasteiger partial charge on any atom is -0.374 e. The normalized spacial score (nSPS) is 14.8. The summed E-state index contributed by atoms with van der Waals surface area (Å²) in [6.45, 7) is 4.36. The van der Waals surface area contributed by atoms with E-state index in [0.29, 0.717) is 0 Å². The van der Waals surface area contributed by atoms with Crippen molar-refractivity contribution < 1.29 is 0 Å². The summed E-state index contributed by atoms with van der Waals surface area (Å²) in [5.74, 6) is 0. The van der Waals surface area contributed by atoms with Crippen molar-refractivity contribution in [1.82, 2.24) is 5.32 Å². The largest absolute Gasteiger partial charge is 0.374 e. The fourth-order valence-electron chi connectivity index (χ4n) is 2.10. The number of hydrogen-bond donors (Lipinski definition) is 1. The molecule has 1 saturated carbocycles. The highest BCUT2D eigenvalue weighted by Crippen LogP contribution is 2.26. The predicted octanol–water partition coefficient (Wildman–Crippen LogP) is 3.94. The fraction of sp³-hybridized carbons (Fsp3) is 0.600. The van der Waals surface area contributed by atoms with Crippen LogP contribution in [0.2, 0.25) is 0 Å². The van der Waals surface area contributed by atoms with E-state index in [9.17, 15) is 0 Å². The van der Waals surface area contributed by atoms with Gasteiger partial charge in [0.1, 0.15) is 0 Å². The third kappa shape index (κ3) is 3.99. The van der Waals surface area contributed by atoms with E-state index >= 15 is 0 Å². The highest BCUT2D eigenvalue weighted by atomic mass is 79.9. The third-order valence-corrected chi connectivity index (χ3v) is 3.96. The Hall–Kier alpha value is -0.540. The number of rotatable bonds is 7. The van der Waals surface area contributed by atoms with Crippen LogP contribution in [0.1, 0.15) is 38.2 Å². The van der Waals surface area contributed by atoms with Gasteiger partial charge in [-0.2, -0.15) is 0 Å². The Balaban J connectivity index is 2.05. The molecule has 0 bridgehead atoms. The Bertz CT molecular complexity index is 388. The lowest BCUT2D eigenvalue weighted by molar-refractivity contribution is 0.683. The topological polar surface area (TPSA) is 15.3 Å². The minimum absolute atomic E-state index is 0.766. The molecule has 1 aromatic rings. The maximum absolute atomic E-state index is 3.60. The summed E-state index contributed by atoms with van der Waals surface area (Å²) in [7, 11) is 2.19. The summed E-state index contributed by atoms with van der Waals surface area (Å²) in [5.41, 5.74) is 2.76. The second-order valence-corrected chi connectivity index (χ2v) is 6.12. The Labute approximate surface area is 119 Å². The molecule has 0 spiro atoms. The van der Waals surface area contributed by atoms with Crippen molar-refractivity contribution in [2.75, 3.05) is 18.5 Å². The molecule has 1 aliphatic carbocycles. The van der Waals surface area contributed by atoms with E-state index < -0.39 is 0 Å². The van der Waals surface area contributed by atoms with Crippen molar-refractivity contribution in [3.63, 3.8) is 0 Å². The van der Waals surface area contributed by atoms with Gasteiger partial charge in [0.15, 0.2) is 0 Å². The molecule has 1 fully saturated rings. The van der Waals surface area contributed by atoms with Crippen LogP contribution in [-0.2, 0) is 6.54 Å². The van der Waals surface area contributed by atoms with E-state index in [2.05, 4.69) is 58.3 Å². The molecule has 2 nitrogen and oxygen atoms in total. The molecule has 0 saturated heterocycles. The van der Waals surface area contributed by atoms with Gasteiger partial charge in [-0.05, 0) is 37.0 Å². The van der Waals surface area contributed by atoms with Gasteiger partial charge in [0.25, 0.3) is 0 Å². The van der Waals surface area contributed by atoms with Crippen LogP contribution < -0.4 is 10.2 Å². The molecule has 3 heteroatoms. The Morgan fingerprint density at radius 1 is 1.39 bits per heavy atom. The molecular formula is C15H23BrN2. The summed E-state index contributed by atoms with van der Waals surface area (Å²) >= 11 is 3.58. The minimum atomic E-state index is 0.766. The second kappa shape index (κ2) is 6.58. The Morgan fingerprint density at radius 2 is 2.17 bits per heavy atom. The number of nitrogens with one attached hydrogen (secondary N) is 1. The van der Waals surface area contributed by atoms with Crippen LogP contribution in [0.5, 0.6) is 0 Å². The maximum atomic E-state index is 3.60. The average Bonchev–Trinajstić information content (AvgIpc) is 3.18. The smallest absolute Gasteiger partial charge is 0.0420 e. The standard InChI is InChI=1S/C15H23BrN2/c1-3-4-9-18(2)15-10-13(16)6-5-12(15)11-17-14-7-8-14/h5-6,10,14,17H,3-4,7-9,11H2,1-2H3. The van der Waals surface area contributed by atoms with Gasteiger partial charge in [-0.1, -0.05) is 35.3 Å². The van der Waals surface area contributed by atoms with Gasteiger partial charge < -0.3 is 10.2 Å². The molecule has 0 radical (unpaired) electrons. The van der Waals surface area contributed by atoms with Gasteiger partial charge in [0, 0.05) is 36.3 Å². The molecule has 1 aromatic carbocycles. The zero-order chi connectivity index (χ0) is 13.0. The molecule has 0 unspecified atom stereocenters. The lowest BCUT2D eigenvalue weighted by Gasteiger charge is -2.23. The first-order valence-corrected chi connectivity index (χ1v) is 7.73. The molecule has 0 heterocycles. The van der Waals surface area contributed by atoms with Crippen LogP contribution in [0, 0.1) is 0 Å². The lowest BCUT2D eigenvalue weighted by Crippen LogP contribution is -2.22. The van der Waals surface area contributed by atoms with E-state index in [-0.39, 0.29) is 0 Å². The fourth-order valence-corrected chi connectivity index (χ4v) is 2.45. The Morgan fingerprint density at radius 3 is 2.83 bits per heavy atom. The van der Waals surface area contributed by atoms with Crippen LogP contribution >= 0.6 is 15.9 Å². The van der Waals surface area contributed by atoms with Crippen molar-refractivity contribution >= 4 is 21.6 Å². The molecule has 0 atom stereocenters. The third-order valence-electron chi connectivity index (χ3n) is 3.46. The van der Waals surface area contributed by atoms with Crippen molar-refractivity contribution in [3.05, 3.63) is 28.2 Å². The number of benzene rings is 1. The number of hydrogen-bond acceptors (Lipinski definition) is 2. The van der Waals surface area contributed by atoms with Crippen molar-refractivity contribution in [1.29, 1.82) is 0 Å². The molecule has 1 aliphatic rings. The van der Waals surface area contributed by atoms with E-state index in [1.54, 1.807) is 0 Å². The zero-order valence-corrected chi connectivity index (χ0v) is 13.0. The first kappa shape index (κ1) is 13.9. The summed E-state index contributed by atoms with van der Waals surface area (Å²) in [5, 5.41) is 3.60. The van der Waals surface area contributed by atoms with E-state index in [0.717, 1.165) is 23.6 Å². The van der Waals surface area contributed by atoms with E-state index in [1.807, 2.05) is 0 Å². The Kier molecular flexibility index (Phi) is 5.07. The van der Waals surface area contributed by atoms with Crippen molar-refractivity contribution in [2.24, 2.45) is 0 Å². The second-order valence-electron chi connectivity index (χ2n) is 5.20. The first-order chi connectivity index (χ1) is 8.70. The van der Waals surface area contributed by atoms with E-state index in [1.165, 1.54) is 36.9 Å². The number of nitrogens with zero attached hydrogens (tertiary/aromatic N) is 1. The molecule has 100 valence electrons. The van der Waals surface area contributed by atoms with Gasteiger partial charge in [0.05, 0.1) is 0 Å². The van der Waals surface area contributed by atoms with Gasteiger partial charge >= 0.3 is 0 Å². The highest BCUT2D eigenvalue weighted by molar-refractivity contribution is 9.10. The average molecular weight is 311 g/mol. The van der Waals surface area contributed by atoms with Gasteiger partial charge in [-0.3, -0.25) is 0 Å². The number of halogens is 1. The van der Waals surface area contributed by atoms with Crippen molar-refractivity contribution in [3.8, 4) is 0 Å². The summed E-state index contributed by atoms with van der Waals surface area (Å²) < 4.78 is 1.16. The van der Waals surface area contributed by atoms with E-state index in [4.69, 9.17) is 0 Å². The lowest BCUT2D eigenvalue weighted by atomic mass is 10.1.